The van der Waals surface area contributed by atoms with Gasteiger partial charge in [0.1, 0.15) is 5.82 Å². The van der Waals surface area contributed by atoms with E-state index >= 15 is 0 Å². The highest BCUT2D eigenvalue weighted by atomic mass is 79.9. The van der Waals surface area contributed by atoms with E-state index in [1.54, 1.807) is 6.20 Å². The van der Waals surface area contributed by atoms with Crippen molar-refractivity contribution in [1.82, 2.24) is 4.98 Å². The number of hydrogen-bond donors (Lipinski definition) is 1. The highest BCUT2D eigenvalue weighted by molar-refractivity contribution is 9.10. The summed E-state index contributed by atoms with van der Waals surface area (Å²) in [5.74, 6) is 0.890. The Kier molecular flexibility index (Phi) is 3.35. The first-order valence-corrected chi connectivity index (χ1v) is 5.45. The van der Waals surface area contributed by atoms with Crippen molar-refractivity contribution in [2.24, 2.45) is 0 Å². The summed E-state index contributed by atoms with van der Waals surface area (Å²) in [6, 6.07) is 14.8. The van der Waals surface area contributed by atoms with Crippen LogP contribution in [0.4, 0.5) is 5.82 Å². The summed E-state index contributed by atoms with van der Waals surface area (Å²) in [6.07, 6.45) is 1.77. The van der Waals surface area contributed by atoms with Crippen LogP contribution in [0.1, 0.15) is 5.56 Å². The molecular formula is C12H10BrN2. The smallest absolute Gasteiger partial charge is 0.126 e. The van der Waals surface area contributed by atoms with Crippen molar-refractivity contribution >= 4 is 21.7 Å². The highest BCUT2D eigenvalue weighted by Crippen LogP contribution is 2.12. The largest absolute Gasteiger partial charge is 0.366 e. The van der Waals surface area contributed by atoms with Gasteiger partial charge in [-0.25, -0.2) is 4.98 Å². The van der Waals surface area contributed by atoms with Crippen LogP contribution in [0.2, 0.25) is 0 Å². The molecule has 1 N–H and O–H groups in total. The molecule has 0 aliphatic rings. The Hall–Kier alpha value is -1.35. The van der Waals surface area contributed by atoms with Gasteiger partial charge in [0.05, 0.1) is 0 Å². The molecule has 75 valence electrons. The zero-order chi connectivity index (χ0) is 10.5. The van der Waals surface area contributed by atoms with Gasteiger partial charge in [-0.05, 0) is 29.8 Å². The predicted octanol–water partition coefficient (Wildman–Crippen LogP) is 3.26. The molecule has 1 aromatic heterocycles. The summed E-state index contributed by atoms with van der Waals surface area (Å²) in [7, 11) is 0. The highest BCUT2D eigenvalue weighted by Gasteiger charge is 1.94. The summed E-state index contributed by atoms with van der Waals surface area (Å²) < 4.78 is 0.975. The van der Waals surface area contributed by atoms with Crippen LogP contribution in [-0.2, 0) is 6.54 Å². The molecule has 1 radical (unpaired) electrons. The number of pyridine rings is 1. The van der Waals surface area contributed by atoms with Crippen LogP contribution in [-0.4, -0.2) is 4.98 Å². The number of nitrogens with one attached hydrogen (secondary N) is 1. The minimum absolute atomic E-state index is 0.768. The van der Waals surface area contributed by atoms with Gasteiger partial charge in [-0.15, -0.1) is 0 Å². The maximum Gasteiger partial charge on any atom is 0.126 e. The molecule has 0 saturated carbocycles. The second-order valence-electron chi connectivity index (χ2n) is 3.11. The molecule has 2 nitrogen and oxygen atoms in total. The van der Waals surface area contributed by atoms with Gasteiger partial charge >= 0.3 is 0 Å². The Labute approximate surface area is 97.5 Å². The quantitative estimate of drug-likeness (QED) is 0.918. The van der Waals surface area contributed by atoms with E-state index in [-0.39, 0.29) is 0 Å². The van der Waals surface area contributed by atoms with E-state index in [9.17, 15) is 0 Å². The summed E-state index contributed by atoms with van der Waals surface area (Å²) in [6.45, 7) is 0.768. The fourth-order valence-electron chi connectivity index (χ4n) is 1.25. The van der Waals surface area contributed by atoms with E-state index in [0.29, 0.717) is 0 Å². The van der Waals surface area contributed by atoms with Crippen molar-refractivity contribution in [3.63, 3.8) is 0 Å². The topological polar surface area (TPSA) is 24.9 Å². The van der Waals surface area contributed by atoms with E-state index in [2.05, 4.69) is 32.3 Å². The molecule has 0 aliphatic carbocycles. The SMILES string of the molecule is Brc1[c]ccc(CNc2ccccn2)c1. The van der Waals surface area contributed by atoms with Gasteiger partial charge in [0.15, 0.2) is 0 Å². The second-order valence-corrected chi connectivity index (χ2v) is 3.97. The number of anilines is 1. The van der Waals surface area contributed by atoms with Gasteiger partial charge in [-0.1, -0.05) is 34.1 Å². The van der Waals surface area contributed by atoms with Crippen LogP contribution in [0.25, 0.3) is 0 Å². The first kappa shape index (κ1) is 10.2. The molecule has 0 aliphatic heterocycles. The third-order valence-electron chi connectivity index (χ3n) is 1.97. The van der Waals surface area contributed by atoms with Gasteiger partial charge < -0.3 is 5.32 Å². The number of hydrogen-bond acceptors (Lipinski definition) is 2. The lowest BCUT2D eigenvalue weighted by molar-refractivity contribution is 1.11. The summed E-state index contributed by atoms with van der Waals surface area (Å²) in [5.41, 5.74) is 1.20. The molecule has 1 heterocycles. The molecule has 0 unspecified atom stereocenters. The average molecular weight is 262 g/mol. The fourth-order valence-corrected chi connectivity index (χ4v) is 1.68. The van der Waals surface area contributed by atoms with E-state index in [1.807, 2.05) is 36.4 Å². The van der Waals surface area contributed by atoms with Crippen molar-refractivity contribution in [2.75, 3.05) is 5.32 Å². The molecule has 15 heavy (non-hydrogen) atoms. The lowest BCUT2D eigenvalue weighted by Crippen LogP contribution is -2.00. The number of halogens is 1. The van der Waals surface area contributed by atoms with Crippen molar-refractivity contribution < 1.29 is 0 Å². The molecule has 1 aromatic carbocycles. The van der Waals surface area contributed by atoms with Crippen molar-refractivity contribution in [2.45, 2.75) is 6.54 Å². The molecule has 0 atom stereocenters. The second kappa shape index (κ2) is 4.94. The molecule has 3 heteroatoms. The molecule has 2 aromatic rings. The van der Waals surface area contributed by atoms with Crippen LogP contribution < -0.4 is 5.32 Å². The first-order chi connectivity index (χ1) is 7.34. The minimum atomic E-state index is 0.768. The van der Waals surface area contributed by atoms with Crippen molar-refractivity contribution in [3.05, 3.63) is 58.7 Å². The Morgan fingerprint density at radius 3 is 3.00 bits per heavy atom. The Morgan fingerprint density at radius 1 is 1.33 bits per heavy atom. The van der Waals surface area contributed by atoms with Crippen molar-refractivity contribution in [1.29, 1.82) is 0 Å². The third-order valence-corrected chi connectivity index (χ3v) is 2.43. The van der Waals surface area contributed by atoms with Gasteiger partial charge in [0, 0.05) is 17.2 Å². The molecule has 0 bridgehead atoms. The maximum atomic E-state index is 4.19. The van der Waals surface area contributed by atoms with Crippen LogP contribution in [0.15, 0.2) is 47.1 Å². The van der Waals surface area contributed by atoms with Gasteiger partial charge in [0.2, 0.25) is 0 Å². The number of nitrogens with zero attached hydrogens (tertiary/aromatic N) is 1. The molecule has 0 spiro atoms. The van der Waals surface area contributed by atoms with Gasteiger partial charge in [-0.2, -0.15) is 0 Å². The van der Waals surface area contributed by atoms with Crippen LogP contribution in [0.5, 0.6) is 0 Å². The Bertz CT molecular complexity index is 429. The van der Waals surface area contributed by atoms with Gasteiger partial charge in [0.25, 0.3) is 0 Å². The van der Waals surface area contributed by atoms with E-state index in [4.69, 9.17) is 0 Å². The lowest BCUT2D eigenvalue weighted by Gasteiger charge is -2.05. The molecule has 2 rings (SSSR count). The summed E-state index contributed by atoms with van der Waals surface area (Å²) in [4.78, 5) is 4.19. The fraction of sp³-hybridized carbons (Fsp3) is 0.0833. The number of benzene rings is 1. The zero-order valence-electron chi connectivity index (χ0n) is 8.07. The zero-order valence-corrected chi connectivity index (χ0v) is 9.66. The maximum absolute atomic E-state index is 4.19. The first-order valence-electron chi connectivity index (χ1n) is 4.65. The Morgan fingerprint density at radius 2 is 2.27 bits per heavy atom. The standard InChI is InChI=1S/C12H10BrN2/c13-11-5-3-4-10(8-11)9-15-12-6-1-2-7-14-12/h1-4,6-8H,9H2,(H,14,15). The summed E-state index contributed by atoms with van der Waals surface area (Å²) >= 11 is 3.39. The number of aromatic nitrogens is 1. The third kappa shape index (κ3) is 3.06. The Balaban J connectivity index is 1.99. The van der Waals surface area contributed by atoms with Crippen molar-refractivity contribution in [3.8, 4) is 0 Å². The lowest BCUT2D eigenvalue weighted by atomic mass is 10.2. The van der Waals surface area contributed by atoms with Crippen LogP contribution in [0.3, 0.4) is 0 Å². The number of rotatable bonds is 3. The predicted molar refractivity (Wildman–Crippen MR) is 64.5 cm³/mol. The van der Waals surface area contributed by atoms with E-state index < -0.39 is 0 Å². The van der Waals surface area contributed by atoms with E-state index in [0.717, 1.165) is 16.8 Å². The normalized spacial score (nSPS) is 9.93. The van der Waals surface area contributed by atoms with Gasteiger partial charge in [-0.3, -0.25) is 0 Å². The monoisotopic (exact) mass is 261 g/mol. The van der Waals surface area contributed by atoms with Crippen LogP contribution >= 0.6 is 15.9 Å². The molecule has 0 fully saturated rings. The summed E-state index contributed by atoms with van der Waals surface area (Å²) in [5, 5.41) is 3.24. The molecule has 0 saturated heterocycles. The molecular weight excluding hydrogens is 252 g/mol. The van der Waals surface area contributed by atoms with Crippen LogP contribution in [0, 0.1) is 6.07 Å². The average Bonchev–Trinajstić information content (AvgIpc) is 2.28. The van der Waals surface area contributed by atoms with E-state index in [1.165, 1.54) is 5.56 Å². The minimum Gasteiger partial charge on any atom is -0.366 e. The molecule has 0 amide bonds.